The number of hydrogen-bond donors (Lipinski definition) is 0. The molecule has 0 bridgehead atoms. The minimum absolute atomic E-state index is 0.361. The highest BCUT2D eigenvalue weighted by atomic mass is 16.8. The Morgan fingerprint density at radius 3 is 2.80 bits per heavy atom. The zero-order valence-corrected chi connectivity index (χ0v) is 8.57. The Morgan fingerprint density at radius 2 is 2.13 bits per heavy atom. The predicted octanol–water partition coefficient (Wildman–Crippen LogP) is 2.16. The van der Waals surface area contributed by atoms with Gasteiger partial charge in [-0.2, -0.15) is 0 Å². The number of allylic oxidation sites excluding steroid dienone is 1. The molecule has 1 rings (SSSR count). The highest BCUT2D eigenvalue weighted by molar-refractivity contribution is 5.82. The lowest BCUT2D eigenvalue weighted by atomic mass is 10.2. The summed E-state index contributed by atoms with van der Waals surface area (Å²) in [7, 11) is 0. The van der Waals surface area contributed by atoms with E-state index >= 15 is 0 Å². The van der Waals surface area contributed by atoms with Crippen LogP contribution in [0.1, 0.15) is 12.5 Å². The SMILES string of the molecule is CCO[14C](=O)/C=C/C#Cc1ccccc1. The number of benzene rings is 1. The summed E-state index contributed by atoms with van der Waals surface area (Å²) in [6.45, 7) is 2.15. The summed E-state index contributed by atoms with van der Waals surface area (Å²) in [5.74, 6) is 5.30. The molecular weight excluding hydrogens is 190 g/mol. The molecule has 0 fully saturated rings. The van der Waals surface area contributed by atoms with Crippen molar-refractivity contribution in [3.8, 4) is 11.8 Å². The van der Waals surface area contributed by atoms with Gasteiger partial charge in [0.15, 0.2) is 0 Å². The summed E-state index contributed by atoms with van der Waals surface area (Å²) in [6, 6.07) is 9.58. The highest BCUT2D eigenvalue weighted by Gasteiger charge is 1.89. The van der Waals surface area contributed by atoms with Crippen LogP contribution in [0.4, 0.5) is 0 Å². The van der Waals surface area contributed by atoms with Crippen molar-refractivity contribution in [1.82, 2.24) is 0 Å². The van der Waals surface area contributed by atoms with Crippen LogP contribution in [0.15, 0.2) is 42.5 Å². The summed E-state index contributed by atoms with van der Waals surface area (Å²) >= 11 is 0. The molecule has 1 aromatic carbocycles. The summed E-state index contributed by atoms with van der Waals surface area (Å²) in [6.07, 6.45) is 2.81. The van der Waals surface area contributed by atoms with Crippen LogP contribution in [0.2, 0.25) is 0 Å². The standard InChI is InChI=1S/C13H12O2/c1-2-15-13(14)11-7-6-10-12-8-4-3-5-9-12/h3-5,7-9,11H,2H2,1H3/b11-7+/i13+2. The van der Waals surface area contributed by atoms with E-state index in [0.717, 1.165) is 5.56 Å². The second-order valence-corrected chi connectivity index (χ2v) is 2.72. The Kier molecular flexibility index (Phi) is 4.75. The van der Waals surface area contributed by atoms with E-state index in [9.17, 15) is 4.79 Å². The predicted molar refractivity (Wildman–Crippen MR) is 59.1 cm³/mol. The van der Waals surface area contributed by atoms with Crippen molar-refractivity contribution in [2.24, 2.45) is 0 Å². The molecule has 76 valence electrons. The Labute approximate surface area is 89.6 Å². The van der Waals surface area contributed by atoms with Gasteiger partial charge < -0.3 is 4.74 Å². The first-order valence-corrected chi connectivity index (χ1v) is 4.73. The molecule has 0 amide bonds. The van der Waals surface area contributed by atoms with Gasteiger partial charge in [0.2, 0.25) is 0 Å². The van der Waals surface area contributed by atoms with Crippen LogP contribution in [0, 0.1) is 11.8 Å². The number of esters is 1. The zero-order valence-electron chi connectivity index (χ0n) is 8.57. The quantitative estimate of drug-likeness (QED) is 0.417. The molecule has 0 saturated heterocycles. The fourth-order valence-corrected chi connectivity index (χ4v) is 0.947. The van der Waals surface area contributed by atoms with E-state index in [1.165, 1.54) is 12.2 Å². The number of ether oxygens (including phenoxy) is 1. The zero-order chi connectivity index (χ0) is 10.9. The first-order chi connectivity index (χ1) is 7.33. The van der Waals surface area contributed by atoms with Gasteiger partial charge in [-0.05, 0) is 25.1 Å². The van der Waals surface area contributed by atoms with Crippen LogP contribution in [-0.2, 0) is 9.53 Å². The fourth-order valence-electron chi connectivity index (χ4n) is 0.947. The van der Waals surface area contributed by atoms with Gasteiger partial charge in [0.05, 0.1) is 6.61 Å². The lowest BCUT2D eigenvalue weighted by Crippen LogP contribution is -1.98. The molecule has 0 aromatic heterocycles. The van der Waals surface area contributed by atoms with Crippen molar-refractivity contribution in [3.63, 3.8) is 0 Å². The van der Waals surface area contributed by atoms with Gasteiger partial charge >= 0.3 is 5.97 Å². The number of hydrogen-bond acceptors (Lipinski definition) is 2. The van der Waals surface area contributed by atoms with Crippen molar-refractivity contribution < 1.29 is 9.53 Å². The Bertz CT molecular complexity index is 394. The van der Waals surface area contributed by atoms with Crippen molar-refractivity contribution >= 4 is 5.97 Å². The van der Waals surface area contributed by atoms with Crippen LogP contribution >= 0.6 is 0 Å². The molecule has 2 heteroatoms. The lowest BCUT2D eigenvalue weighted by molar-refractivity contribution is -0.137. The number of rotatable bonds is 2. The van der Waals surface area contributed by atoms with E-state index in [-0.39, 0.29) is 5.97 Å². The van der Waals surface area contributed by atoms with Crippen LogP contribution in [0.3, 0.4) is 0 Å². The maximum absolute atomic E-state index is 10.9. The average molecular weight is 202 g/mol. The third kappa shape index (κ3) is 4.68. The third-order valence-corrected chi connectivity index (χ3v) is 1.58. The Hall–Kier alpha value is -2.01. The molecule has 2 nitrogen and oxygen atoms in total. The van der Waals surface area contributed by atoms with Gasteiger partial charge in [-0.25, -0.2) is 4.79 Å². The van der Waals surface area contributed by atoms with Gasteiger partial charge in [-0.15, -0.1) is 0 Å². The van der Waals surface area contributed by atoms with E-state index in [1.54, 1.807) is 6.92 Å². The van der Waals surface area contributed by atoms with Gasteiger partial charge in [0, 0.05) is 11.6 Å². The van der Waals surface area contributed by atoms with Gasteiger partial charge in [0.1, 0.15) is 0 Å². The van der Waals surface area contributed by atoms with Gasteiger partial charge in [0.25, 0.3) is 0 Å². The third-order valence-electron chi connectivity index (χ3n) is 1.58. The molecule has 0 aliphatic rings. The van der Waals surface area contributed by atoms with Gasteiger partial charge in [-0.3, -0.25) is 0 Å². The Balaban J connectivity index is 2.50. The first kappa shape index (κ1) is 11.1. The molecule has 0 radical (unpaired) electrons. The summed E-state index contributed by atoms with van der Waals surface area (Å²) in [4.78, 5) is 10.9. The monoisotopic (exact) mass is 202 g/mol. The van der Waals surface area contributed by atoms with Crippen LogP contribution in [0.25, 0.3) is 0 Å². The van der Waals surface area contributed by atoms with Crippen LogP contribution in [-0.4, -0.2) is 12.6 Å². The first-order valence-electron chi connectivity index (χ1n) is 4.73. The summed E-state index contributed by atoms with van der Waals surface area (Å²) in [5.41, 5.74) is 0.922. The molecule has 0 aliphatic heterocycles. The molecule has 0 aliphatic carbocycles. The van der Waals surface area contributed by atoms with E-state index in [1.807, 2.05) is 30.3 Å². The smallest absolute Gasteiger partial charge is 0.331 e. The van der Waals surface area contributed by atoms with Crippen molar-refractivity contribution in [2.45, 2.75) is 6.92 Å². The van der Waals surface area contributed by atoms with E-state index < -0.39 is 0 Å². The maximum atomic E-state index is 10.9. The highest BCUT2D eigenvalue weighted by Crippen LogP contribution is 1.94. The van der Waals surface area contributed by atoms with Crippen molar-refractivity contribution in [1.29, 1.82) is 0 Å². The molecular formula is C13H12O2. The van der Waals surface area contributed by atoms with E-state index in [2.05, 4.69) is 11.8 Å². The van der Waals surface area contributed by atoms with E-state index in [4.69, 9.17) is 4.74 Å². The maximum Gasteiger partial charge on any atom is 0.331 e. The molecule has 0 saturated carbocycles. The molecule has 0 N–H and O–H groups in total. The molecule has 0 unspecified atom stereocenters. The molecule has 0 heterocycles. The molecule has 0 spiro atoms. The van der Waals surface area contributed by atoms with Crippen LogP contribution < -0.4 is 0 Å². The summed E-state index contributed by atoms with van der Waals surface area (Å²) in [5, 5.41) is 0. The van der Waals surface area contributed by atoms with Crippen molar-refractivity contribution in [2.75, 3.05) is 6.61 Å². The topological polar surface area (TPSA) is 26.3 Å². The normalized spacial score (nSPS) is 9.40. The number of carbonyl (C=O) groups is 1. The largest absolute Gasteiger partial charge is 0.463 e. The van der Waals surface area contributed by atoms with Crippen LogP contribution in [0.5, 0.6) is 0 Å². The van der Waals surface area contributed by atoms with E-state index in [0.29, 0.717) is 6.61 Å². The fraction of sp³-hybridized carbons (Fsp3) is 0.154. The summed E-state index contributed by atoms with van der Waals surface area (Å²) < 4.78 is 4.70. The minimum Gasteiger partial charge on any atom is -0.463 e. The number of carbonyl (C=O) groups excluding carboxylic acids is 1. The molecule has 15 heavy (non-hydrogen) atoms. The lowest BCUT2D eigenvalue weighted by Gasteiger charge is -1.91. The van der Waals surface area contributed by atoms with Gasteiger partial charge in [-0.1, -0.05) is 30.0 Å². The minimum atomic E-state index is -0.361. The second-order valence-electron chi connectivity index (χ2n) is 2.72. The molecule has 1 aromatic rings. The molecule has 0 atom stereocenters. The van der Waals surface area contributed by atoms with Crippen molar-refractivity contribution in [3.05, 3.63) is 48.0 Å². The Morgan fingerprint density at radius 1 is 1.40 bits per heavy atom. The second kappa shape index (κ2) is 6.44. The average Bonchev–Trinajstić information content (AvgIpc) is 2.26.